The van der Waals surface area contributed by atoms with Crippen LogP contribution in [-0.2, 0) is 15.8 Å². The zero-order valence-electron chi connectivity index (χ0n) is 19.9. The first-order chi connectivity index (χ1) is 17.7. The Labute approximate surface area is 223 Å². The Morgan fingerprint density at radius 3 is 2.22 bits per heavy atom. The average molecular weight is 547 g/mol. The molecule has 0 aliphatic heterocycles. The Kier molecular flexibility index (Phi) is 8.82. The number of nitrogens with one attached hydrogen (secondary N) is 2. The molecule has 1 aliphatic carbocycles. The number of anilines is 2. The number of thioether (sulfide) groups is 1. The highest BCUT2D eigenvalue weighted by atomic mass is 35.5. The van der Waals surface area contributed by atoms with Gasteiger partial charge in [0.1, 0.15) is 5.25 Å². The second-order valence-corrected chi connectivity index (χ2v) is 10.5. The number of carbonyl (C=O) groups excluding carboxylic acids is 2. The Morgan fingerprint density at radius 1 is 0.892 bits per heavy atom. The summed E-state index contributed by atoms with van der Waals surface area (Å²) in [6.07, 6.45) is 0.422. The normalized spacial score (nSPS) is 15.1. The van der Waals surface area contributed by atoms with Crippen LogP contribution in [0.5, 0.6) is 0 Å². The SMILES string of the molecule is O=C(Nc1ccc(SC(C(=O)Nc2ccc(Cl)cc2C(F)(F)F)c2ccccc2)cc1)C1CCCCC1. The number of hydrogen-bond acceptors (Lipinski definition) is 3. The van der Waals surface area contributed by atoms with E-state index in [1.165, 1.54) is 24.2 Å². The molecule has 2 amide bonds. The standard InChI is InChI=1S/C28H26ClF3N2O2S/c29-20-11-16-24(23(17-20)28(30,31)32)34-27(36)25(18-7-3-1-4-8-18)37-22-14-12-21(13-15-22)33-26(35)19-9-5-2-6-10-19/h1,3-4,7-8,11-17,19,25H,2,5-6,9-10H2,(H,33,35)(H,34,36). The van der Waals surface area contributed by atoms with Gasteiger partial charge < -0.3 is 10.6 Å². The Morgan fingerprint density at radius 2 is 1.57 bits per heavy atom. The summed E-state index contributed by atoms with van der Waals surface area (Å²) in [6, 6.07) is 19.2. The van der Waals surface area contributed by atoms with Crippen LogP contribution in [0, 0.1) is 5.92 Å². The predicted molar refractivity (Wildman–Crippen MR) is 142 cm³/mol. The third kappa shape index (κ3) is 7.29. The molecule has 2 N–H and O–H groups in total. The van der Waals surface area contributed by atoms with Gasteiger partial charge in [0.2, 0.25) is 11.8 Å². The maximum Gasteiger partial charge on any atom is 0.418 e. The van der Waals surface area contributed by atoms with Gasteiger partial charge in [0.25, 0.3) is 0 Å². The highest BCUT2D eigenvalue weighted by Gasteiger charge is 2.35. The number of hydrogen-bond donors (Lipinski definition) is 2. The highest BCUT2D eigenvalue weighted by molar-refractivity contribution is 8.00. The zero-order chi connectivity index (χ0) is 26.4. The van der Waals surface area contributed by atoms with E-state index in [0.717, 1.165) is 42.7 Å². The van der Waals surface area contributed by atoms with Crippen LogP contribution in [0.15, 0.2) is 77.7 Å². The van der Waals surface area contributed by atoms with Crippen molar-refractivity contribution < 1.29 is 22.8 Å². The second kappa shape index (κ2) is 12.0. The first-order valence-corrected chi connectivity index (χ1v) is 13.3. The van der Waals surface area contributed by atoms with Crippen LogP contribution in [0.1, 0.15) is 48.5 Å². The van der Waals surface area contributed by atoms with Crippen molar-refractivity contribution >= 4 is 46.6 Å². The van der Waals surface area contributed by atoms with E-state index < -0.39 is 22.9 Å². The van der Waals surface area contributed by atoms with Gasteiger partial charge in [-0.05, 0) is 60.9 Å². The van der Waals surface area contributed by atoms with Gasteiger partial charge >= 0.3 is 6.18 Å². The zero-order valence-corrected chi connectivity index (χ0v) is 21.4. The number of carbonyl (C=O) groups is 2. The smallest absolute Gasteiger partial charge is 0.326 e. The minimum atomic E-state index is -4.68. The number of halogens is 4. The van der Waals surface area contributed by atoms with Crippen LogP contribution < -0.4 is 10.6 Å². The molecule has 0 spiro atoms. The molecule has 0 bridgehead atoms. The lowest BCUT2D eigenvalue weighted by molar-refractivity contribution is -0.137. The fourth-order valence-corrected chi connectivity index (χ4v) is 5.52. The summed E-state index contributed by atoms with van der Waals surface area (Å²) >= 11 is 6.98. The molecule has 4 rings (SSSR count). The second-order valence-electron chi connectivity index (χ2n) is 8.93. The van der Waals surface area contributed by atoms with Crippen molar-refractivity contribution in [3.63, 3.8) is 0 Å². The fourth-order valence-electron chi connectivity index (χ4n) is 4.32. The summed E-state index contributed by atoms with van der Waals surface area (Å²) in [5, 5.41) is 4.51. The maximum absolute atomic E-state index is 13.6. The van der Waals surface area contributed by atoms with E-state index in [2.05, 4.69) is 10.6 Å². The average Bonchev–Trinajstić information content (AvgIpc) is 2.89. The molecule has 37 heavy (non-hydrogen) atoms. The molecule has 3 aromatic rings. The molecule has 0 aromatic heterocycles. The Balaban J connectivity index is 1.51. The topological polar surface area (TPSA) is 58.2 Å². The summed E-state index contributed by atoms with van der Waals surface area (Å²) in [4.78, 5) is 26.5. The van der Waals surface area contributed by atoms with E-state index in [1.807, 2.05) is 0 Å². The van der Waals surface area contributed by atoms with Crippen molar-refractivity contribution in [2.45, 2.75) is 48.4 Å². The molecule has 0 saturated heterocycles. The number of rotatable bonds is 7. The molecule has 1 aliphatic rings. The first-order valence-electron chi connectivity index (χ1n) is 12.0. The quantitative estimate of drug-likeness (QED) is 0.293. The molecule has 9 heteroatoms. The maximum atomic E-state index is 13.6. The molecule has 1 atom stereocenters. The van der Waals surface area contributed by atoms with Crippen molar-refractivity contribution in [3.8, 4) is 0 Å². The van der Waals surface area contributed by atoms with Crippen molar-refractivity contribution in [2.24, 2.45) is 5.92 Å². The minimum absolute atomic E-state index is 0.0186. The molecule has 0 heterocycles. The molecular formula is C28H26ClF3N2O2S. The number of benzene rings is 3. The van der Waals surface area contributed by atoms with Crippen LogP contribution in [0.3, 0.4) is 0 Å². The molecule has 1 unspecified atom stereocenters. The lowest BCUT2D eigenvalue weighted by Crippen LogP contribution is -2.24. The van der Waals surface area contributed by atoms with Crippen LogP contribution in [0.25, 0.3) is 0 Å². The predicted octanol–water partition coefficient (Wildman–Crippen LogP) is 8.35. The van der Waals surface area contributed by atoms with Crippen LogP contribution in [0.2, 0.25) is 5.02 Å². The van der Waals surface area contributed by atoms with Gasteiger partial charge in [0.05, 0.1) is 11.3 Å². The van der Waals surface area contributed by atoms with E-state index in [0.29, 0.717) is 11.3 Å². The highest BCUT2D eigenvalue weighted by Crippen LogP contribution is 2.40. The molecule has 1 saturated carbocycles. The first kappa shape index (κ1) is 27.1. The Bertz CT molecular complexity index is 1230. The van der Waals surface area contributed by atoms with Gasteiger partial charge in [-0.2, -0.15) is 13.2 Å². The van der Waals surface area contributed by atoms with E-state index in [9.17, 15) is 22.8 Å². The van der Waals surface area contributed by atoms with E-state index in [-0.39, 0.29) is 22.5 Å². The van der Waals surface area contributed by atoms with Gasteiger partial charge in [-0.15, -0.1) is 11.8 Å². The summed E-state index contributed by atoms with van der Waals surface area (Å²) in [6.45, 7) is 0. The van der Waals surface area contributed by atoms with Gasteiger partial charge in [-0.3, -0.25) is 9.59 Å². The third-order valence-electron chi connectivity index (χ3n) is 6.24. The fraction of sp³-hybridized carbons (Fsp3) is 0.286. The van der Waals surface area contributed by atoms with Gasteiger partial charge in [0, 0.05) is 21.5 Å². The molecule has 1 fully saturated rings. The summed E-state index contributed by atoms with van der Waals surface area (Å²) in [5.41, 5.74) is -0.0637. The lowest BCUT2D eigenvalue weighted by atomic mass is 9.88. The lowest BCUT2D eigenvalue weighted by Gasteiger charge is -2.21. The van der Waals surface area contributed by atoms with Crippen LogP contribution in [0.4, 0.5) is 24.5 Å². The van der Waals surface area contributed by atoms with Crippen molar-refractivity contribution in [3.05, 3.63) is 88.9 Å². The molecular weight excluding hydrogens is 521 g/mol. The number of alkyl halides is 3. The summed E-state index contributed by atoms with van der Waals surface area (Å²) < 4.78 is 40.7. The molecule has 4 nitrogen and oxygen atoms in total. The summed E-state index contributed by atoms with van der Waals surface area (Å²) in [7, 11) is 0. The third-order valence-corrected chi connectivity index (χ3v) is 7.74. The van der Waals surface area contributed by atoms with Gasteiger partial charge in [-0.25, -0.2) is 0 Å². The van der Waals surface area contributed by atoms with Crippen molar-refractivity contribution in [1.29, 1.82) is 0 Å². The van der Waals surface area contributed by atoms with Crippen LogP contribution in [-0.4, -0.2) is 11.8 Å². The van der Waals surface area contributed by atoms with Crippen molar-refractivity contribution in [2.75, 3.05) is 10.6 Å². The van der Waals surface area contributed by atoms with Crippen molar-refractivity contribution in [1.82, 2.24) is 0 Å². The molecule has 0 radical (unpaired) electrons. The van der Waals surface area contributed by atoms with E-state index in [4.69, 9.17) is 11.6 Å². The largest absolute Gasteiger partial charge is 0.418 e. The molecule has 3 aromatic carbocycles. The molecule has 194 valence electrons. The number of amides is 2. The Hall–Kier alpha value is -2.97. The monoisotopic (exact) mass is 546 g/mol. The van der Waals surface area contributed by atoms with Gasteiger partial charge in [-0.1, -0.05) is 61.2 Å². The van der Waals surface area contributed by atoms with Crippen LogP contribution >= 0.6 is 23.4 Å². The van der Waals surface area contributed by atoms with E-state index >= 15 is 0 Å². The summed E-state index contributed by atoms with van der Waals surface area (Å²) in [5.74, 6) is -0.549. The minimum Gasteiger partial charge on any atom is -0.326 e. The van der Waals surface area contributed by atoms with Gasteiger partial charge in [0.15, 0.2) is 0 Å². The van der Waals surface area contributed by atoms with E-state index in [1.54, 1.807) is 54.6 Å².